The van der Waals surface area contributed by atoms with E-state index in [1.807, 2.05) is 91.0 Å². The topological polar surface area (TPSA) is 57.0 Å². The molecular weight excluding hydrogens is 386 g/mol. The van der Waals surface area contributed by atoms with Crippen LogP contribution in [0.4, 0.5) is 0 Å². The Hall–Kier alpha value is -4.17. The summed E-state index contributed by atoms with van der Waals surface area (Å²) in [6, 6.07) is 28.5. The summed E-state index contributed by atoms with van der Waals surface area (Å²) in [7, 11) is 1.38. The Morgan fingerprint density at radius 3 is 2.16 bits per heavy atom. The normalized spacial score (nSPS) is 11.3. The van der Waals surface area contributed by atoms with Crippen LogP contribution in [0.25, 0.3) is 11.3 Å². The van der Waals surface area contributed by atoms with Crippen LogP contribution >= 0.6 is 0 Å². The second-order valence-electron chi connectivity index (χ2n) is 6.94. The van der Waals surface area contributed by atoms with Gasteiger partial charge in [-0.15, -0.1) is 5.10 Å². The lowest BCUT2D eigenvalue weighted by molar-refractivity contribution is -0.145. The van der Waals surface area contributed by atoms with E-state index < -0.39 is 12.0 Å². The van der Waals surface area contributed by atoms with Crippen molar-refractivity contribution in [2.45, 2.75) is 12.5 Å². The molecule has 5 heteroatoms. The summed E-state index contributed by atoms with van der Waals surface area (Å²) in [6.45, 7) is 0. The molecule has 0 N–H and O–H groups in total. The highest BCUT2D eigenvalue weighted by Gasteiger charge is 2.27. The quantitative estimate of drug-likeness (QED) is 0.366. The number of carbonyl (C=O) groups excluding carboxylic acids is 1. The predicted molar refractivity (Wildman–Crippen MR) is 119 cm³/mol. The summed E-state index contributed by atoms with van der Waals surface area (Å²) in [6.07, 6.45) is 0.422. The first-order valence-corrected chi connectivity index (χ1v) is 9.95. The number of ether oxygens (including phenoxy) is 1. The highest BCUT2D eigenvalue weighted by atomic mass is 16.5. The molecule has 0 unspecified atom stereocenters. The Balaban J connectivity index is 1.83. The Morgan fingerprint density at radius 1 is 0.903 bits per heavy atom. The Bertz CT molecular complexity index is 1210. The van der Waals surface area contributed by atoms with Crippen molar-refractivity contribution < 1.29 is 9.53 Å². The van der Waals surface area contributed by atoms with Crippen molar-refractivity contribution in [3.63, 3.8) is 0 Å². The minimum atomic E-state index is -0.683. The van der Waals surface area contributed by atoms with E-state index in [1.165, 1.54) is 7.11 Å². The average molecular weight is 407 g/mol. The van der Waals surface area contributed by atoms with Gasteiger partial charge in [-0.3, -0.25) is 0 Å². The van der Waals surface area contributed by atoms with Gasteiger partial charge in [-0.2, -0.15) is 0 Å². The van der Waals surface area contributed by atoms with Crippen LogP contribution in [-0.2, 0) is 16.0 Å². The molecule has 4 aromatic rings. The first kappa shape index (κ1) is 20.1. The number of methoxy groups -OCH3 is 1. The highest BCUT2D eigenvalue weighted by Crippen LogP contribution is 2.25. The van der Waals surface area contributed by atoms with Crippen LogP contribution in [0.5, 0.6) is 0 Å². The van der Waals surface area contributed by atoms with Crippen LogP contribution in [0.3, 0.4) is 0 Å². The summed E-state index contributed by atoms with van der Waals surface area (Å²) < 4.78 is 6.68. The number of nitrogens with zero attached hydrogens (tertiary/aromatic N) is 3. The predicted octanol–water partition coefficient (Wildman–Crippen LogP) is 4.30. The van der Waals surface area contributed by atoms with Crippen molar-refractivity contribution in [2.75, 3.05) is 7.11 Å². The van der Waals surface area contributed by atoms with E-state index in [-0.39, 0.29) is 0 Å². The maximum absolute atomic E-state index is 12.7. The lowest BCUT2D eigenvalue weighted by Gasteiger charge is -2.16. The van der Waals surface area contributed by atoms with Crippen molar-refractivity contribution in [3.05, 3.63) is 108 Å². The molecule has 0 bridgehead atoms. The van der Waals surface area contributed by atoms with Gasteiger partial charge in [0.05, 0.1) is 7.11 Å². The van der Waals surface area contributed by atoms with Crippen LogP contribution in [0.1, 0.15) is 22.9 Å². The number of benzene rings is 3. The van der Waals surface area contributed by atoms with Gasteiger partial charge >= 0.3 is 5.97 Å². The molecule has 0 aliphatic rings. The number of aromatic nitrogens is 3. The Labute approximate surface area is 181 Å². The average Bonchev–Trinajstić information content (AvgIpc) is 3.26. The molecular formula is C26H21N3O2. The second-order valence-corrected chi connectivity index (χ2v) is 6.94. The standard InChI is InChI=1S/C26H21N3O2/c1-31-26(30)24(19-21-13-7-3-8-14-21)29-23(18-17-20-11-5-2-6-12-20)25(27-28-29)22-15-9-4-10-16-22/h2-16,24H,19H2,1H3/t24-/m0/s1. The fourth-order valence-electron chi connectivity index (χ4n) is 3.31. The minimum absolute atomic E-state index is 0.392. The molecule has 0 aliphatic heterocycles. The first-order valence-electron chi connectivity index (χ1n) is 9.95. The number of rotatable bonds is 5. The maximum atomic E-state index is 12.7. The number of hydrogen-bond donors (Lipinski definition) is 0. The molecule has 0 amide bonds. The first-order chi connectivity index (χ1) is 15.3. The number of esters is 1. The highest BCUT2D eigenvalue weighted by molar-refractivity contribution is 5.75. The van der Waals surface area contributed by atoms with Gasteiger partial charge in [0, 0.05) is 17.5 Å². The van der Waals surface area contributed by atoms with Crippen LogP contribution in [0, 0.1) is 11.8 Å². The summed E-state index contributed by atoms with van der Waals surface area (Å²) >= 11 is 0. The molecule has 3 aromatic carbocycles. The molecule has 0 aliphatic carbocycles. The minimum Gasteiger partial charge on any atom is -0.467 e. The molecule has 4 rings (SSSR count). The zero-order valence-electron chi connectivity index (χ0n) is 17.1. The molecule has 1 aromatic heterocycles. The summed E-state index contributed by atoms with van der Waals surface area (Å²) in [5, 5.41) is 8.71. The van der Waals surface area contributed by atoms with E-state index in [0.717, 1.165) is 16.7 Å². The molecule has 0 fully saturated rings. The molecule has 152 valence electrons. The van der Waals surface area contributed by atoms with Crippen molar-refractivity contribution >= 4 is 5.97 Å². The molecule has 0 spiro atoms. The Kier molecular flexibility index (Phi) is 6.20. The van der Waals surface area contributed by atoms with Gasteiger partial charge in [0.15, 0.2) is 6.04 Å². The lowest BCUT2D eigenvalue weighted by Crippen LogP contribution is -2.25. The van der Waals surface area contributed by atoms with Crippen LogP contribution < -0.4 is 0 Å². The smallest absolute Gasteiger partial charge is 0.331 e. The van der Waals surface area contributed by atoms with Gasteiger partial charge in [-0.05, 0) is 23.6 Å². The van der Waals surface area contributed by atoms with Gasteiger partial charge in [-0.25, -0.2) is 9.48 Å². The molecule has 1 atom stereocenters. The van der Waals surface area contributed by atoms with E-state index in [4.69, 9.17) is 4.74 Å². The van der Waals surface area contributed by atoms with Gasteiger partial charge in [0.25, 0.3) is 0 Å². The second kappa shape index (κ2) is 9.55. The van der Waals surface area contributed by atoms with E-state index in [1.54, 1.807) is 4.68 Å². The van der Waals surface area contributed by atoms with Gasteiger partial charge in [0.1, 0.15) is 11.4 Å². The van der Waals surface area contributed by atoms with Gasteiger partial charge < -0.3 is 4.74 Å². The fraction of sp³-hybridized carbons (Fsp3) is 0.115. The van der Waals surface area contributed by atoms with E-state index in [9.17, 15) is 4.79 Å². The van der Waals surface area contributed by atoms with E-state index in [2.05, 4.69) is 22.2 Å². The third-order valence-corrected chi connectivity index (χ3v) is 4.88. The molecule has 31 heavy (non-hydrogen) atoms. The van der Waals surface area contributed by atoms with Crippen molar-refractivity contribution in [1.29, 1.82) is 0 Å². The van der Waals surface area contributed by atoms with E-state index in [0.29, 0.717) is 17.8 Å². The van der Waals surface area contributed by atoms with Crippen LogP contribution in [-0.4, -0.2) is 28.1 Å². The maximum Gasteiger partial charge on any atom is 0.331 e. The van der Waals surface area contributed by atoms with Gasteiger partial charge in [0.2, 0.25) is 0 Å². The molecule has 0 saturated heterocycles. The molecule has 0 saturated carbocycles. The van der Waals surface area contributed by atoms with Crippen molar-refractivity contribution in [2.24, 2.45) is 0 Å². The summed E-state index contributed by atoms with van der Waals surface area (Å²) in [4.78, 5) is 12.7. The van der Waals surface area contributed by atoms with Crippen LogP contribution in [0.2, 0.25) is 0 Å². The van der Waals surface area contributed by atoms with Crippen molar-refractivity contribution in [1.82, 2.24) is 15.0 Å². The molecule has 0 radical (unpaired) electrons. The summed E-state index contributed by atoms with van der Waals surface area (Å²) in [5.41, 5.74) is 3.95. The monoisotopic (exact) mass is 407 g/mol. The third-order valence-electron chi connectivity index (χ3n) is 4.88. The number of hydrogen-bond acceptors (Lipinski definition) is 4. The fourth-order valence-corrected chi connectivity index (χ4v) is 3.31. The largest absolute Gasteiger partial charge is 0.467 e. The summed E-state index contributed by atoms with van der Waals surface area (Å²) in [5.74, 6) is 5.98. The van der Waals surface area contributed by atoms with Crippen molar-refractivity contribution in [3.8, 4) is 23.1 Å². The molecule has 1 heterocycles. The SMILES string of the molecule is COC(=O)[C@H](Cc1ccccc1)n1nnc(-c2ccccc2)c1C#Cc1ccccc1. The number of carbonyl (C=O) groups is 1. The zero-order chi connectivity index (χ0) is 21.5. The zero-order valence-corrected chi connectivity index (χ0v) is 17.1. The van der Waals surface area contributed by atoms with Crippen LogP contribution in [0.15, 0.2) is 91.0 Å². The molecule has 5 nitrogen and oxygen atoms in total. The third kappa shape index (κ3) is 4.71. The Morgan fingerprint density at radius 2 is 1.52 bits per heavy atom. The lowest BCUT2D eigenvalue weighted by atomic mass is 10.0. The van der Waals surface area contributed by atoms with Gasteiger partial charge in [-0.1, -0.05) is 90.0 Å². The van der Waals surface area contributed by atoms with E-state index >= 15 is 0 Å².